The summed E-state index contributed by atoms with van der Waals surface area (Å²) < 4.78 is 27.9. The van der Waals surface area contributed by atoms with Crippen molar-refractivity contribution >= 4 is 60.5 Å². The molecule has 108 valence electrons. The smallest absolute Gasteiger partial charge is 0.265 e. The molecule has 0 saturated heterocycles. The van der Waals surface area contributed by atoms with Gasteiger partial charge in [0.05, 0.1) is 33.3 Å². The van der Waals surface area contributed by atoms with Gasteiger partial charge >= 0.3 is 0 Å². The van der Waals surface area contributed by atoms with E-state index in [4.69, 9.17) is 23.2 Å². The number of sulfonamides is 1. The fraction of sp³-hybridized carbons (Fsp3) is 0. The molecule has 0 aliphatic carbocycles. The summed E-state index contributed by atoms with van der Waals surface area (Å²) in [7, 11) is -3.88. The van der Waals surface area contributed by atoms with Gasteiger partial charge in [-0.1, -0.05) is 11.6 Å². The third-order valence-corrected chi connectivity index (χ3v) is 5.20. The zero-order valence-electron chi connectivity index (χ0n) is 10.1. The molecule has 3 rings (SSSR count). The van der Waals surface area contributed by atoms with Gasteiger partial charge in [-0.2, -0.15) is 0 Å². The van der Waals surface area contributed by atoms with Crippen molar-refractivity contribution < 1.29 is 8.42 Å². The van der Waals surface area contributed by atoms with Crippen molar-refractivity contribution in [2.45, 2.75) is 4.90 Å². The second-order valence-corrected chi connectivity index (χ2v) is 7.23. The second kappa shape index (κ2) is 5.38. The Bertz CT molecular complexity index is 910. The summed E-state index contributed by atoms with van der Waals surface area (Å²) >= 11 is 13.0. The van der Waals surface area contributed by atoms with Gasteiger partial charge < -0.3 is 0 Å². The van der Waals surface area contributed by atoms with Crippen molar-refractivity contribution in [3.63, 3.8) is 0 Å². The fourth-order valence-corrected chi connectivity index (χ4v) is 3.65. The Labute approximate surface area is 133 Å². The van der Waals surface area contributed by atoms with E-state index in [9.17, 15) is 8.42 Å². The monoisotopic (exact) mass is 360 g/mol. The number of nitrogens with zero attached hydrogens (tertiary/aromatic N) is 3. The van der Waals surface area contributed by atoms with Gasteiger partial charge in [0, 0.05) is 0 Å². The number of halogens is 2. The Kier molecular flexibility index (Phi) is 3.70. The molecule has 0 radical (unpaired) electrons. The summed E-state index contributed by atoms with van der Waals surface area (Å²) in [6.07, 6.45) is 2.24. The van der Waals surface area contributed by atoms with E-state index < -0.39 is 10.0 Å². The van der Waals surface area contributed by atoms with Crippen LogP contribution < -0.4 is 4.72 Å². The first-order valence-corrected chi connectivity index (χ1v) is 8.61. The maximum atomic E-state index is 12.3. The molecule has 21 heavy (non-hydrogen) atoms. The average molecular weight is 361 g/mol. The molecule has 3 aromatic rings. The van der Waals surface area contributed by atoms with E-state index in [1.807, 2.05) is 0 Å². The number of rotatable bonds is 3. The lowest BCUT2D eigenvalue weighted by atomic mass is 10.3. The number of anilines is 1. The van der Waals surface area contributed by atoms with Crippen molar-refractivity contribution in [1.82, 2.24) is 15.0 Å². The maximum absolute atomic E-state index is 12.3. The van der Waals surface area contributed by atoms with Crippen molar-refractivity contribution in [3.8, 4) is 0 Å². The number of hydrogen-bond donors (Lipinski definition) is 1. The van der Waals surface area contributed by atoms with Crippen molar-refractivity contribution in [2.75, 3.05) is 4.72 Å². The standard InChI is InChI=1S/C11H6Cl2N4O2S2/c12-7-1-2-8-10(16-5-20-8)9(7)17-21(18,19)6-3-14-11(13)15-4-6/h1-5,17H. The van der Waals surface area contributed by atoms with Crippen LogP contribution in [-0.4, -0.2) is 23.4 Å². The lowest BCUT2D eigenvalue weighted by Gasteiger charge is -2.09. The molecule has 10 heteroatoms. The normalized spacial score (nSPS) is 11.7. The highest BCUT2D eigenvalue weighted by atomic mass is 35.5. The van der Waals surface area contributed by atoms with Gasteiger partial charge in [0.25, 0.3) is 10.0 Å². The SMILES string of the molecule is O=S(=O)(Nc1c(Cl)ccc2scnc12)c1cnc(Cl)nc1. The first kappa shape index (κ1) is 14.5. The summed E-state index contributed by atoms with van der Waals surface area (Å²) in [6.45, 7) is 0. The van der Waals surface area contributed by atoms with Crippen LogP contribution in [0.3, 0.4) is 0 Å². The van der Waals surface area contributed by atoms with Gasteiger partial charge in [0.2, 0.25) is 5.28 Å². The van der Waals surface area contributed by atoms with Crippen LogP contribution in [0.5, 0.6) is 0 Å². The zero-order chi connectivity index (χ0) is 15.0. The second-order valence-electron chi connectivity index (χ2n) is 3.91. The third kappa shape index (κ3) is 2.80. The maximum Gasteiger partial charge on any atom is 0.265 e. The molecule has 0 amide bonds. The topological polar surface area (TPSA) is 84.8 Å². The Morgan fingerprint density at radius 1 is 1.10 bits per heavy atom. The van der Waals surface area contributed by atoms with Crippen LogP contribution >= 0.6 is 34.5 Å². The van der Waals surface area contributed by atoms with Gasteiger partial charge in [0.1, 0.15) is 10.4 Å². The number of thiazole rings is 1. The van der Waals surface area contributed by atoms with E-state index in [1.54, 1.807) is 17.6 Å². The summed E-state index contributed by atoms with van der Waals surface area (Å²) in [6, 6.07) is 3.39. The molecule has 0 fully saturated rings. The largest absolute Gasteiger partial charge is 0.276 e. The fourth-order valence-electron chi connectivity index (χ4n) is 1.64. The lowest BCUT2D eigenvalue weighted by Crippen LogP contribution is -2.14. The van der Waals surface area contributed by atoms with Gasteiger partial charge in [0.15, 0.2) is 0 Å². The van der Waals surface area contributed by atoms with Crippen LogP contribution in [0.25, 0.3) is 10.2 Å². The summed E-state index contributed by atoms with van der Waals surface area (Å²) in [5.41, 5.74) is 2.33. The van der Waals surface area contributed by atoms with Gasteiger partial charge in [-0.15, -0.1) is 11.3 Å². The Morgan fingerprint density at radius 2 is 1.81 bits per heavy atom. The molecule has 0 bridgehead atoms. The number of aromatic nitrogens is 3. The first-order chi connectivity index (χ1) is 9.97. The highest BCUT2D eigenvalue weighted by Crippen LogP contribution is 2.33. The van der Waals surface area contributed by atoms with Crippen molar-refractivity contribution in [2.24, 2.45) is 0 Å². The van der Waals surface area contributed by atoms with Crippen molar-refractivity contribution in [1.29, 1.82) is 0 Å². The van der Waals surface area contributed by atoms with Gasteiger partial charge in [-0.05, 0) is 23.7 Å². The Hall–Kier alpha value is -1.48. The molecule has 1 aromatic carbocycles. The quantitative estimate of drug-likeness (QED) is 0.724. The summed E-state index contributed by atoms with van der Waals surface area (Å²) in [5.74, 6) is 0. The molecule has 0 aliphatic heterocycles. The average Bonchev–Trinajstić information content (AvgIpc) is 2.91. The van der Waals surface area contributed by atoms with E-state index in [2.05, 4.69) is 19.7 Å². The van der Waals surface area contributed by atoms with E-state index in [-0.39, 0.29) is 20.9 Å². The van der Waals surface area contributed by atoms with E-state index in [0.717, 1.165) is 17.1 Å². The van der Waals surface area contributed by atoms with E-state index in [1.165, 1.54) is 11.3 Å². The minimum atomic E-state index is -3.88. The van der Waals surface area contributed by atoms with Crippen LogP contribution in [0, 0.1) is 0 Å². The molecule has 2 aromatic heterocycles. The number of fused-ring (bicyclic) bond motifs is 1. The minimum Gasteiger partial charge on any atom is -0.276 e. The molecule has 1 N–H and O–H groups in total. The minimum absolute atomic E-state index is 0.0337. The molecular formula is C11H6Cl2N4O2S2. The highest BCUT2D eigenvalue weighted by molar-refractivity contribution is 7.92. The first-order valence-electron chi connectivity index (χ1n) is 5.49. The predicted octanol–water partition coefficient (Wildman–Crippen LogP) is 3.19. The molecule has 0 saturated carbocycles. The zero-order valence-corrected chi connectivity index (χ0v) is 13.3. The summed E-state index contributed by atoms with van der Waals surface area (Å²) in [5, 5.41) is 0.223. The predicted molar refractivity (Wildman–Crippen MR) is 82.5 cm³/mol. The van der Waals surface area contributed by atoms with Crippen LogP contribution in [-0.2, 0) is 10.0 Å². The van der Waals surface area contributed by atoms with Crippen LogP contribution in [0.4, 0.5) is 5.69 Å². The molecule has 0 atom stereocenters. The van der Waals surface area contributed by atoms with Crippen LogP contribution in [0.1, 0.15) is 0 Å². The Balaban J connectivity index is 2.07. The van der Waals surface area contributed by atoms with Gasteiger partial charge in [-0.3, -0.25) is 4.72 Å². The summed E-state index contributed by atoms with van der Waals surface area (Å²) in [4.78, 5) is 11.3. The molecule has 2 heterocycles. The third-order valence-electron chi connectivity index (χ3n) is 2.59. The van der Waals surface area contributed by atoms with E-state index >= 15 is 0 Å². The van der Waals surface area contributed by atoms with Crippen LogP contribution in [0.2, 0.25) is 10.3 Å². The number of benzene rings is 1. The highest BCUT2D eigenvalue weighted by Gasteiger charge is 2.19. The van der Waals surface area contributed by atoms with Gasteiger partial charge in [-0.25, -0.2) is 23.4 Å². The molecule has 0 unspecified atom stereocenters. The Morgan fingerprint density at radius 3 is 2.52 bits per heavy atom. The van der Waals surface area contributed by atoms with Crippen LogP contribution in [0.15, 0.2) is 34.9 Å². The van der Waals surface area contributed by atoms with Crippen molar-refractivity contribution in [3.05, 3.63) is 40.3 Å². The number of nitrogens with one attached hydrogen (secondary N) is 1. The molecule has 6 nitrogen and oxygen atoms in total. The molecule has 0 aliphatic rings. The van der Waals surface area contributed by atoms with E-state index in [0.29, 0.717) is 5.52 Å². The number of hydrogen-bond acceptors (Lipinski definition) is 6. The lowest BCUT2D eigenvalue weighted by molar-refractivity contribution is 0.600. The molecular weight excluding hydrogens is 355 g/mol. The molecule has 0 spiro atoms.